The second-order valence-electron chi connectivity index (χ2n) is 5.58. The number of ketones is 1. The lowest BCUT2D eigenvalue weighted by atomic mass is 9.97. The molecule has 2 rings (SSSR count). The molecule has 2 aromatic carbocycles. The SMILES string of the molecule is Cc1cc(C)c(OC(C)C)c(C(=O)c2ccc(N)cc2)c1. The molecule has 0 amide bonds. The van der Waals surface area contributed by atoms with E-state index in [-0.39, 0.29) is 11.9 Å². The Bertz CT molecular complexity index is 658. The monoisotopic (exact) mass is 283 g/mol. The summed E-state index contributed by atoms with van der Waals surface area (Å²) in [4.78, 5) is 12.7. The summed E-state index contributed by atoms with van der Waals surface area (Å²) in [6.45, 7) is 7.85. The van der Waals surface area contributed by atoms with E-state index in [0.717, 1.165) is 11.1 Å². The van der Waals surface area contributed by atoms with Gasteiger partial charge in [-0.1, -0.05) is 6.07 Å². The summed E-state index contributed by atoms with van der Waals surface area (Å²) in [6.07, 6.45) is 0.0179. The highest BCUT2D eigenvalue weighted by atomic mass is 16.5. The highest BCUT2D eigenvalue weighted by molar-refractivity contribution is 6.11. The van der Waals surface area contributed by atoms with E-state index < -0.39 is 0 Å². The van der Waals surface area contributed by atoms with E-state index in [2.05, 4.69) is 0 Å². The zero-order valence-corrected chi connectivity index (χ0v) is 12.9. The first-order valence-electron chi connectivity index (χ1n) is 7.06. The van der Waals surface area contributed by atoms with Gasteiger partial charge in [-0.25, -0.2) is 0 Å². The number of rotatable bonds is 4. The summed E-state index contributed by atoms with van der Waals surface area (Å²) in [5, 5.41) is 0. The molecule has 2 aromatic rings. The summed E-state index contributed by atoms with van der Waals surface area (Å²) in [7, 11) is 0. The Morgan fingerprint density at radius 1 is 1.10 bits per heavy atom. The molecule has 0 aliphatic heterocycles. The third kappa shape index (κ3) is 3.43. The van der Waals surface area contributed by atoms with Crippen molar-refractivity contribution in [2.45, 2.75) is 33.8 Å². The predicted octanol–water partition coefficient (Wildman–Crippen LogP) is 3.90. The number of benzene rings is 2. The highest BCUT2D eigenvalue weighted by Crippen LogP contribution is 2.28. The van der Waals surface area contributed by atoms with Crippen molar-refractivity contribution in [3.8, 4) is 5.75 Å². The molecular formula is C18H21NO2. The molecule has 0 bridgehead atoms. The Balaban J connectivity index is 2.51. The molecule has 2 N–H and O–H groups in total. The van der Waals surface area contributed by atoms with Crippen LogP contribution in [0.2, 0.25) is 0 Å². The molecule has 3 heteroatoms. The smallest absolute Gasteiger partial charge is 0.196 e. The molecule has 0 aliphatic carbocycles. The molecule has 0 heterocycles. The van der Waals surface area contributed by atoms with Crippen LogP contribution in [0.25, 0.3) is 0 Å². The lowest BCUT2D eigenvalue weighted by Gasteiger charge is -2.17. The molecule has 3 nitrogen and oxygen atoms in total. The van der Waals surface area contributed by atoms with Gasteiger partial charge in [0.2, 0.25) is 0 Å². The standard InChI is InChI=1S/C18H21NO2/c1-11(2)21-18-13(4)9-12(3)10-16(18)17(20)14-5-7-15(19)8-6-14/h5-11H,19H2,1-4H3. The number of carbonyl (C=O) groups excluding carboxylic acids is 1. The van der Waals surface area contributed by atoms with Crippen LogP contribution in [0, 0.1) is 13.8 Å². The lowest BCUT2D eigenvalue weighted by molar-refractivity contribution is 0.103. The molecule has 0 aromatic heterocycles. The van der Waals surface area contributed by atoms with Crippen molar-refractivity contribution in [1.82, 2.24) is 0 Å². The zero-order valence-electron chi connectivity index (χ0n) is 12.9. The number of nitrogen functional groups attached to an aromatic ring is 1. The Hall–Kier alpha value is -2.29. The van der Waals surface area contributed by atoms with Crippen LogP contribution in [0.4, 0.5) is 5.69 Å². The van der Waals surface area contributed by atoms with Gasteiger partial charge in [0.1, 0.15) is 5.75 Å². The fraction of sp³-hybridized carbons (Fsp3) is 0.278. The Kier molecular flexibility index (Phi) is 4.32. The van der Waals surface area contributed by atoms with Gasteiger partial charge < -0.3 is 10.5 Å². The summed E-state index contributed by atoms with van der Waals surface area (Å²) < 4.78 is 5.85. The van der Waals surface area contributed by atoms with Crippen molar-refractivity contribution in [3.63, 3.8) is 0 Å². The average Bonchev–Trinajstić information content (AvgIpc) is 2.41. The first-order valence-corrected chi connectivity index (χ1v) is 7.06. The molecular weight excluding hydrogens is 262 g/mol. The van der Waals surface area contributed by atoms with Crippen LogP contribution >= 0.6 is 0 Å². The van der Waals surface area contributed by atoms with Crippen molar-refractivity contribution < 1.29 is 9.53 Å². The second kappa shape index (κ2) is 6.00. The van der Waals surface area contributed by atoms with Crippen molar-refractivity contribution in [2.75, 3.05) is 5.73 Å². The minimum absolute atomic E-state index is 0.0179. The summed E-state index contributed by atoms with van der Waals surface area (Å²) in [6, 6.07) is 10.9. The van der Waals surface area contributed by atoms with Gasteiger partial charge >= 0.3 is 0 Å². The van der Waals surface area contributed by atoms with Gasteiger partial charge in [0.05, 0.1) is 11.7 Å². The average molecular weight is 283 g/mol. The number of carbonyl (C=O) groups is 1. The van der Waals surface area contributed by atoms with Gasteiger partial charge in [0.15, 0.2) is 5.78 Å². The largest absolute Gasteiger partial charge is 0.490 e. The number of anilines is 1. The van der Waals surface area contributed by atoms with Crippen LogP contribution in [-0.2, 0) is 0 Å². The Morgan fingerprint density at radius 3 is 2.29 bits per heavy atom. The maximum atomic E-state index is 12.7. The molecule has 0 radical (unpaired) electrons. The first kappa shape index (κ1) is 15.1. The predicted molar refractivity (Wildman–Crippen MR) is 86.0 cm³/mol. The van der Waals surface area contributed by atoms with E-state index in [1.54, 1.807) is 24.3 Å². The van der Waals surface area contributed by atoms with Crippen LogP contribution in [0.15, 0.2) is 36.4 Å². The van der Waals surface area contributed by atoms with Gasteiger partial charge in [-0.05, 0) is 69.2 Å². The Labute approximate surface area is 125 Å². The van der Waals surface area contributed by atoms with Crippen LogP contribution in [0.5, 0.6) is 5.75 Å². The van der Waals surface area contributed by atoms with Crippen LogP contribution < -0.4 is 10.5 Å². The topological polar surface area (TPSA) is 52.3 Å². The van der Waals surface area contributed by atoms with E-state index in [1.165, 1.54) is 0 Å². The summed E-state index contributed by atoms with van der Waals surface area (Å²) >= 11 is 0. The molecule has 110 valence electrons. The Morgan fingerprint density at radius 2 is 1.71 bits per heavy atom. The molecule has 21 heavy (non-hydrogen) atoms. The quantitative estimate of drug-likeness (QED) is 0.684. The maximum Gasteiger partial charge on any atom is 0.196 e. The zero-order chi connectivity index (χ0) is 15.6. The maximum absolute atomic E-state index is 12.7. The van der Waals surface area contributed by atoms with E-state index in [0.29, 0.717) is 22.6 Å². The molecule has 0 fully saturated rings. The molecule has 0 aliphatic rings. The van der Waals surface area contributed by atoms with Crippen LogP contribution in [-0.4, -0.2) is 11.9 Å². The molecule has 0 saturated heterocycles. The molecule has 0 saturated carbocycles. The van der Waals surface area contributed by atoms with Gasteiger partial charge in [0, 0.05) is 11.3 Å². The number of nitrogens with two attached hydrogens (primary N) is 1. The number of ether oxygens (including phenoxy) is 1. The third-order valence-corrected chi connectivity index (χ3v) is 3.19. The van der Waals surface area contributed by atoms with Crippen LogP contribution in [0.1, 0.15) is 40.9 Å². The number of hydrogen-bond acceptors (Lipinski definition) is 3. The molecule has 0 spiro atoms. The molecule has 0 unspecified atom stereocenters. The minimum atomic E-state index is -0.0440. The fourth-order valence-corrected chi connectivity index (χ4v) is 2.31. The highest BCUT2D eigenvalue weighted by Gasteiger charge is 2.18. The minimum Gasteiger partial charge on any atom is -0.490 e. The first-order chi connectivity index (χ1) is 9.88. The van der Waals surface area contributed by atoms with E-state index in [9.17, 15) is 4.79 Å². The van der Waals surface area contributed by atoms with E-state index in [1.807, 2.05) is 39.8 Å². The van der Waals surface area contributed by atoms with Crippen LogP contribution in [0.3, 0.4) is 0 Å². The number of aryl methyl sites for hydroxylation is 2. The lowest BCUT2D eigenvalue weighted by Crippen LogP contribution is -2.12. The third-order valence-electron chi connectivity index (χ3n) is 3.19. The fourth-order valence-electron chi connectivity index (χ4n) is 2.31. The molecule has 0 atom stereocenters. The second-order valence-corrected chi connectivity index (χ2v) is 5.58. The normalized spacial score (nSPS) is 10.7. The van der Waals surface area contributed by atoms with Crippen molar-refractivity contribution in [3.05, 3.63) is 58.7 Å². The summed E-state index contributed by atoms with van der Waals surface area (Å²) in [5.41, 5.74) is 9.55. The summed E-state index contributed by atoms with van der Waals surface area (Å²) in [5.74, 6) is 0.620. The van der Waals surface area contributed by atoms with E-state index in [4.69, 9.17) is 10.5 Å². The number of hydrogen-bond donors (Lipinski definition) is 1. The van der Waals surface area contributed by atoms with Gasteiger partial charge in [-0.3, -0.25) is 4.79 Å². The van der Waals surface area contributed by atoms with Gasteiger partial charge in [-0.15, -0.1) is 0 Å². The van der Waals surface area contributed by atoms with Crippen molar-refractivity contribution in [1.29, 1.82) is 0 Å². The van der Waals surface area contributed by atoms with Gasteiger partial charge in [-0.2, -0.15) is 0 Å². The van der Waals surface area contributed by atoms with Gasteiger partial charge in [0.25, 0.3) is 0 Å². The van der Waals surface area contributed by atoms with Crippen molar-refractivity contribution in [2.24, 2.45) is 0 Å². The van der Waals surface area contributed by atoms with E-state index >= 15 is 0 Å². The van der Waals surface area contributed by atoms with Crippen molar-refractivity contribution >= 4 is 11.5 Å².